The molecule has 228 valence electrons. The van der Waals surface area contributed by atoms with Crippen molar-refractivity contribution in [3.8, 4) is 0 Å². The van der Waals surface area contributed by atoms with Crippen LogP contribution in [0.25, 0.3) is 0 Å². The van der Waals surface area contributed by atoms with Gasteiger partial charge in [0.1, 0.15) is 12.4 Å². The Morgan fingerprint density at radius 1 is 1.14 bits per heavy atom. The Hall–Kier alpha value is -1.66. The highest BCUT2D eigenvalue weighted by molar-refractivity contribution is 9.10. The van der Waals surface area contributed by atoms with E-state index in [9.17, 15) is 9.59 Å². The molecule has 5 fully saturated rings. The van der Waals surface area contributed by atoms with Crippen LogP contribution in [0.2, 0.25) is 0 Å². The summed E-state index contributed by atoms with van der Waals surface area (Å²) in [5.74, 6) is 3.67. The van der Waals surface area contributed by atoms with Crippen molar-refractivity contribution in [2.75, 3.05) is 6.54 Å². The standard InChI is InChI=1S/C36H48BrNO4/c1-21-14-32-33(38(19-21)34(40)41-20-24-8-6-5-7-9-24)23(3)36(42-32)13-12-26-27-11-10-25-15-31(39)30(37)18-35(25,4)29(27)16-28(26)22(2)17-36/h5-9,21,23,25-27,29-30,32-33H,10-20H2,1-4H3/t21-,23+,25+,26-,27?,29-,30?,32+,33-,35-,36-/m0/s1. The number of hydrogen-bond acceptors (Lipinski definition) is 4. The van der Waals surface area contributed by atoms with Gasteiger partial charge in [-0.2, -0.15) is 0 Å². The number of hydrogen-bond donors (Lipinski definition) is 0. The molecule has 3 saturated carbocycles. The summed E-state index contributed by atoms with van der Waals surface area (Å²) in [5.41, 5.74) is 4.32. The number of carbonyl (C=O) groups excluding carboxylic acids is 2. The first-order chi connectivity index (χ1) is 20.1. The Balaban J connectivity index is 1.11. The number of allylic oxidation sites excluding steroid dienone is 1. The molecule has 4 aliphatic carbocycles. The molecule has 1 spiro atoms. The van der Waals surface area contributed by atoms with Crippen LogP contribution in [0.3, 0.4) is 0 Å². The molecule has 7 rings (SSSR count). The fraction of sp³-hybridized carbons (Fsp3) is 0.722. The molecule has 6 heteroatoms. The zero-order valence-electron chi connectivity index (χ0n) is 25.8. The van der Waals surface area contributed by atoms with Crippen LogP contribution in [0, 0.1) is 40.9 Å². The van der Waals surface area contributed by atoms with Gasteiger partial charge in [0.2, 0.25) is 0 Å². The molecule has 2 unspecified atom stereocenters. The minimum absolute atomic E-state index is 0.0297. The van der Waals surface area contributed by atoms with Crippen LogP contribution in [0.15, 0.2) is 41.5 Å². The number of rotatable bonds is 2. The lowest BCUT2D eigenvalue weighted by molar-refractivity contribution is -0.128. The second-order valence-electron chi connectivity index (χ2n) is 15.3. The van der Waals surface area contributed by atoms with Gasteiger partial charge in [0, 0.05) is 18.9 Å². The summed E-state index contributed by atoms with van der Waals surface area (Å²) in [7, 11) is 0. The topological polar surface area (TPSA) is 55.8 Å². The van der Waals surface area contributed by atoms with E-state index in [4.69, 9.17) is 9.47 Å². The van der Waals surface area contributed by atoms with Gasteiger partial charge in [-0.05, 0) is 98.9 Å². The van der Waals surface area contributed by atoms with Crippen molar-refractivity contribution in [1.29, 1.82) is 0 Å². The Labute approximate surface area is 260 Å². The average Bonchev–Trinajstić information content (AvgIpc) is 3.42. The zero-order chi connectivity index (χ0) is 29.4. The number of amides is 1. The largest absolute Gasteiger partial charge is 0.445 e. The summed E-state index contributed by atoms with van der Waals surface area (Å²) >= 11 is 3.75. The van der Waals surface area contributed by atoms with Crippen molar-refractivity contribution in [3.63, 3.8) is 0 Å². The number of ether oxygens (including phenoxy) is 2. The highest BCUT2D eigenvalue weighted by Gasteiger charge is 2.61. The maximum absolute atomic E-state index is 13.5. The third-order valence-electron chi connectivity index (χ3n) is 13.0. The number of carbonyl (C=O) groups is 2. The van der Waals surface area contributed by atoms with E-state index in [2.05, 4.69) is 43.6 Å². The quantitative estimate of drug-likeness (QED) is 0.243. The molecule has 6 aliphatic rings. The summed E-state index contributed by atoms with van der Waals surface area (Å²) in [5, 5.41) is 0. The zero-order valence-corrected chi connectivity index (χ0v) is 27.4. The Kier molecular flexibility index (Phi) is 7.44. The van der Waals surface area contributed by atoms with Gasteiger partial charge in [-0.1, -0.05) is 78.2 Å². The van der Waals surface area contributed by atoms with Crippen LogP contribution in [-0.4, -0.2) is 45.9 Å². The van der Waals surface area contributed by atoms with Crippen LogP contribution in [-0.2, 0) is 20.9 Å². The van der Waals surface area contributed by atoms with E-state index in [1.165, 1.54) is 25.7 Å². The third-order valence-corrected chi connectivity index (χ3v) is 13.8. The van der Waals surface area contributed by atoms with Crippen LogP contribution in [0.4, 0.5) is 4.79 Å². The molecule has 0 N–H and O–H groups in total. The summed E-state index contributed by atoms with van der Waals surface area (Å²) in [4.78, 5) is 28.2. The summed E-state index contributed by atoms with van der Waals surface area (Å²) in [6.07, 6.45) is 9.54. The lowest BCUT2D eigenvalue weighted by atomic mass is 9.52. The van der Waals surface area contributed by atoms with Crippen molar-refractivity contribution < 1.29 is 19.1 Å². The number of likely N-dealkylation sites (tertiary alicyclic amines) is 1. The van der Waals surface area contributed by atoms with E-state index in [1.54, 1.807) is 11.1 Å². The van der Waals surface area contributed by atoms with Crippen LogP contribution < -0.4 is 0 Å². The molecule has 5 nitrogen and oxygen atoms in total. The van der Waals surface area contributed by atoms with Gasteiger partial charge in [0.05, 0.1) is 22.6 Å². The fourth-order valence-electron chi connectivity index (χ4n) is 10.9. The maximum Gasteiger partial charge on any atom is 0.410 e. The molecule has 0 aromatic heterocycles. The van der Waals surface area contributed by atoms with Crippen molar-refractivity contribution in [3.05, 3.63) is 47.0 Å². The molecule has 11 atom stereocenters. The smallest absolute Gasteiger partial charge is 0.410 e. The van der Waals surface area contributed by atoms with E-state index in [0.29, 0.717) is 36.1 Å². The molecule has 1 amide bonds. The minimum atomic E-state index is -0.215. The third kappa shape index (κ3) is 4.64. The first kappa shape index (κ1) is 29.1. The van der Waals surface area contributed by atoms with Crippen molar-refractivity contribution in [2.45, 2.75) is 115 Å². The second-order valence-corrected chi connectivity index (χ2v) is 16.4. The molecule has 0 radical (unpaired) electrons. The van der Waals surface area contributed by atoms with Crippen molar-refractivity contribution in [1.82, 2.24) is 4.90 Å². The van der Waals surface area contributed by atoms with E-state index < -0.39 is 0 Å². The van der Waals surface area contributed by atoms with Gasteiger partial charge in [-0.3, -0.25) is 4.79 Å². The number of Topliss-reactive ketones (excluding diaryl/α,β-unsaturated/α-hetero) is 1. The van der Waals surface area contributed by atoms with Crippen molar-refractivity contribution in [2.24, 2.45) is 40.9 Å². The summed E-state index contributed by atoms with van der Waals surface area (Å²) in [6.45, 7) is 10.5. The highest BCUT2D eigenvalue weighted by atomic mass is 79.9. The molecule has 42 heavy (non-hydrogen) atoms. The summed E-state index contributed by atoms with van der Waals surface area (Å²) < 4.78 is 13.1. The van der Waals surface area contributed by atoms with E-state index in [0.717, 1.165) is 50.1 Å². The number of ketones is 1. The minimum Gasteiger partial charge on any atom is -0.445 e. The molecule has 2 heterocycles. The number of benzene rings is 1. The van der Waals surface area contributed by atoms with Gasteiger partial charge < -0.3 is 14.4 Å². The average molecular weight is 639 g/mol. The van der Waals surface area contributed by atoms with E-state index in [-0.39, 0.29) is 40.0 Å². The predicted octanol–water partition coefficient (Wildman–Crippen LogP) is 8.10. The normalized spacial score (nSPS) is 44.7. The maximum atomic E-state index is 13.5. The molecular weight excluding hydrogens is 590 g/mol. The van der Waals surface area contributed by atoms with Gasteiger partial charge in [-0.15, -0.1) is 0 Å². The fourth-order valence-corrected chi connectivity index (χ4v) is 11.8. The SMILES string of the molecule is CC1=C2C[C@H]3C(CC[C@@H]4CC(=O)C(Br)C[C@@]43C)[C@@H]2CC[C@@]2(C1)O[C@@H]1C[C@H](C)CN(C(=O)OCc3ccccc3)[C@H]1[C@H]2C. The molecule has 2 aliphatic heterocycles. The monoisotopic (exact) mass is 637 g/mol. The number of alkyl halides is 1. The highest BCUT2D eigenvalue weighted by Crippen LogP contribution is 2.65. The lowest BCUT2D eigenvalue weighted by Crippen LogP contribution is -2.54. The number of nitrogens with zero attached hydrogens (tertiary/aromatic N) is 1. The molecule has 2 saturated heterocycles. The second kappa shape index (κ2) is 10.8. The Morgan fingerprint density at radius 2 is 1.93 bits per heavy atom. The van der Waals surface area contributed by atoms with Gasteiger partial charge in [0.25, 0.3) is 0 Å². The summed E-state index contributed by atoms with van der Waals surface area (Å²) in [6, 6.07) is 10.0. The molecule has 0 bridgehead atoms. The Morgan fingerprint density at radius 3 is 2.71 bits per heavy atom. The van der Waals surface area contributed by atoms with Crippen LogP contribution in [0.1, 0.15) is 91.0 Å². The predicted molar refractivity (Wildman–Crippen MR) is 167 cm³/mol. The van der Waals surface area contributed by atoms with Gasteiger partial charge >= 0.3 is 6.09 Å². The van der Waals surface area contributed by atoms with E-state index in [1.807, 2.05) is 35.2 Å². The van der Waals surface area contributed by atoms with Crippen LogP contribution in [0.5, 0.6) is 0 Å². The first-order valence-electron chi connectivity index (χ1n) is 16.6. The van der Waals surface area contributed by atoms with Gasteiger partial charge in [-0.25, -0.2) is 4.79 Å². The lowest BCUT2D eigenvalue weighted by Gasteiger charge is -2.53. The number of fused-ring (bicyclic) bond motifs is 6. The van der Waals surface area contributed by atoms with Crippen LogP contribution >= 0.6 is 15.9 Å². The Bertz CT molecular complexity index is 1260. The van der Waals surface area contributed by atoms with E-state index >= 15 is 0 Å². The number of piperidine rings is 1. The molecular formula is C36H48BrNO4. The molecule has 1 aromatic carbocycles. The van der Waals surface area contributed by atoms with Crippen molar-refractivity contribution >= 4 is 27.8 Å². The first-order valence-corrected chi connectivity index (χ1v) is 17.5. The van der Waals surface area contributed by atoms with Gasteiger partial charge in [0.15, 0.2) is 0 Å². The number of halogens is 1. The molecule has 1 aromatic rings.